The van der Waals surface area contributed by atoms with Gasteiger partial charge < -0.3 is 9.47 Å². The summed E-state index contributed by atoms with van der Waals surface area (Å²) < 4.78 is 10.4. The van der Waals surface area contributed by atoms with Crippen molar-refractivity contribution in [2.45, 2.75) is 32.0 Å². The van der Waals surface area contributed by atoms with E-state index in [2.05, 4.69) is 6.58 Å². The van der Waals surface area contributed by atoms with Crippen LogP contribution in [0.3, 0.4) is 0 Å². The van der Waals surface area contributed by atoms with Crippen LogP contribution in [0.4, 0.5) is 0 Å². The number of rotatable bonds is 2. The number of esters is 1. The maximum Gasteiger partial charge on any atom is 0.303 e. The van der Waals surface area contributed by atoms with Crippen molar-refractivity contribution < 1.29 is 14.3 Å². The molecule has 0 unspecified atom stereocenters. The molecule has 0 aromatic rings. The van der Waals surface area contributed by atoms with Crippen molar-refractivity contribution in [1.82, 2.24) is 0 Å². The molecule has 1 aliphatic rings. The SMILES string of the molecule is C=C[C@H]1OCCC[C@@H]1OC(C)=O. The van der Waals surface area contributed by atoms with E-state index in [1.165, 1.54) is 6.92 Å². The van der Waals surface area contributed by atoms with Crippen LogP contribution in [0.2, 0.25) is 0 Å². The molecule has 1 rings (SSSR count). The van der Waals surface area contributed by atoms with Gasteiger partial charge in [-0.1, -0.05) is 6.08 Å². The lowest BCUT2D eigenvalue weighted by atomic mass is 10.1. The molecule has 0 aliphatic carbocycles. The Morgan fingerprint density at radius 3 is 3.08 bits per heavy atom. The standard InChI is InChI=1S/C9H14O3/c1-3-8-9(12-7(2)10)5-4-6-11-8/h3,8-9H,1,4-6H2,2H3/t8-,9+/m1/s1. The summed E-state index contributed by atoms with van der Waals surface area (Å²) in [6.07, 6.45) is 3.25. The highest BCUT2D eigenvalue weighted by atomic mass is 16.6. The van der Waals surface area contributed by atoms with Crippen LogP contribution in [0.5, 0.6) is 0 Å². The number of carbonyl (C=O) groups is 1. The van der Waals surface area contributed by atoms with Crippen LogP contribution in [-0.2, 0) is 14.3 Å². The molecule has 1 saturated heterocycles. The summed E-state index contributed by atoms with van der Waals surface area (Å²) >= 11 is 0. The van der Waals surface area contributed by atoms with Crippen molar-refractivity contribution in [1.29, 1.82) is 0 Å². The summed E-state index contributed by atoms with van der Waals surface area (Å²) in [7, 11) is 0. The summed E-state index contributed by atoms with van der Waals surface area (Å²) in [5, 5.41) is 0. The predicted molar refractivity (Wildman–Crippen MR) is 44.7 cm³/mol. The molecule has 1 fully saturated rings. The summed E-state index contributed by atoms with van der Waals surface area (Å²) in [6, 6.07) is 0. The maximum atomic E-state index is 10.7. The van der Waals surface area contributed by atoms with Gasteiger partial charge in [0.25, 0.3) is 0 Å². The molecule has 2 atom stereocenters. The maximum absolute atomic E-state index is 10.7. The lowest BCUT2D eigenvalue weighted by Gasteiger charge is -2.28. The van der Waals surface area contributed by atoms with Gasteiger partial charge >= 0.3 is 5.97 Å². The van der Waals surface area contributed by atoms with Crippen LogP contribution in [0.15, 0.2) is 12.7 Å². The summed E-state index contributed by atoms with van der Waals surface area (Å²) in [6.45, 7) is 5.77. The quantitative estimate of drug-likeness (QED) is 0.462. The minimum Gasteiger partial charge on any atom is -0.459 e. The average molecular weight is 170 g/mol. The van der Waals surface area contributed by atoms with E-state index in [1.807, 2.05) is 0 Å². The second-order valence-electron chi connectivity index (χ2n) is 2.86. The zero-order chi connectivity index (χ0) is 8.97. The van der Waals surface area contributed by atoms with Gasteiger partial charge in [-0.15, -0.1) is 6.58 Å². The van der Waals surface area contributed by atoms with E-state index in [0.29, 0.717) is 0 Å². The highest BCUT2D eigenvalue weighted by Gasteiger charge is 2.25. The third kappa shape index (κ3) is 2.34. The molecule has 0 amide bonds. The first-order valence-corrected chi connectivity index (χ1v) is 4.15. The van der Waals surface area contributed by atoms with Crippen LogP contribution in [0, 0.1) is 0 Å². The van der Waals surface area contributed by atoms with Crippen molar-refractivity contribution in [2.75, 3.05) is 6.61 Å². The first kappa shape index (κ1) is 9.26. The lowest BCUT2D eigenvalue weighted by Crippen LogP contribution is -2.35. The minimum atomic E-state index is -0.252. The van der Waals surface area contributed by atoms with E-state index in [-0.39, 0.29) is 18.2 Å². The normalized spacial score (nSPS) is 29.4. The first-order valence-electron chi connectivity index (χ1n) is 4.15. The summed E-state index contributed by atoms with van der Waals surface area (Å²) in [5.41, 5.74) is 0. The molecule has 1 heterocycles. The molecule has 0 N–H and O–H groups in total. The van der Waals surface area contributed by atoms with E-state index in [0.717, 1.165) is 19.4 Å². The topological polar surface area (TPSA) is 35.5 Å². The van der Waals surface area contributed by atoms with E-state index >= 15 is 0 Å². The van der Waals surface area contributed by atoms with Crippen molar-refractivity contribution in [3.8, 4) is 0 Å². The molecular formula is C9H14O3. The van der Waals surface area contributed by atoms with Gasteiger partial charge in [0.2, 0.25) is 0 Å². The first-order chi connectivity index (χ1) is 5.74. The largest absolute Gasteiger partial charge is 0.459 e. The van der Waals surface area contributed by atoms with E-state index in [1.54, 1.807) is 6.08 Å². The third-order valence-corrected chi connectivity index (χ3v) is 1.86. The molecule has 3 nitrogen and oxygen atoms in total. The minimum absolute atomic E-state index is 0.123. The second-order valence-corrected chi connectivity index (χ2v) is 2.86. The van der Waals surface area contributed by atoms with E-state index in [9.17, 15) is 4.79 Å². The molecule has 0 radical (unpaired) electrons. The third-order valence-electron chi connectivity index (χ3n) is 1.86. The van der Waals surface area contributed by atoms with Gasteiger partial charge in [0, 0.05) is 13.5 Å². The predicted octanol–water partition coefficient (Wildman–Crippen LogP) is 1.28. The average Bonchev–Trinajstić information content (AvgIpc) is 2.04. The van der Waals surface area contributed by atoms with Crippen LogP contribution in [0.25, 0.3) is 0 Å². The molecule has 12 heavy (non-hydrogen) atoms. The zero-order valence-corrected chi connectivity index (χ0v) is 7.29. The summed E-state index contributed by atoms with van der Waals surface area (Å²) in [4.78, 5) is 10.7. The molecule has 0 aromatic heterocycles. The smallest absolute Gasteiger partial charge is 0.303 e. The Bertz CT molecular complexity index is 177. The zero-order valence-electron chi connectivity index (χ0n) is 7.29. The van der Waals surface area contributed by atoms with Crippen molar-refractivity contribution in [3.05, 3.63) is 12.7 Å². The van der Waals surface area contributed by atoms with Gasteiger partial charge in [-0.2, -0.15) is 0 Å². The second kappa shape index (κ2) is 4.26. The highest BCUT2D eigenvalue weighted by Crippen LogP contribution is 2.17. The molecule has 0 bridgehead atoms. The molecule has 0 spiro atoms. The Balaban J connectivity index is 2.46. The molecule has 3 heteroatoms. The Kier molecular flexibility index (Phi) is 3.29. The number of hydrogen-bond acceptors (Lipinski definition) is 3. The van der Waals surface area contributed by atoms with Crippen LogP contribution < -0.4 is 0 Å². The van der Waals surface area contributed by atoms with Crippen molar-refractivity contribution in [3.63, 3.8) is 0 Å². The summed E-state index contributed by atoms with van der Waals surface area (Å²) in [5.74, 6) is -0.252. The van der Waals surface area contributed by atoms with Gasteiger partial charge in [0.1, 0.15) is 12.2 Å². The fourth-order valence-corrected chi connectivity index (χ4v) is 1.33. The van der Waals surface area contributed by atoms with Crippen LogP contribution in [0.1, 0.15) is 19.8 Å². The fourth-order valence-electron chi connectivity index (χ4n) is 1.33. The van der Waals surface area contributed by atoms with Gasteiger partial charge in [-0.05, 0) is 12.8 Å². The Morgan fingerprint density at radius 2 is 2.50 bits per heavy atom. The molecule has 68 valence electrons. The van der Waals surface area contributed by atoms with Gasteiger partial charge in [-0.25, -0.2) is 0 Å². The Hall–Kier alpha value is -0.830. The lowest BCUT2D eigenvalue weighted by molar-refractivity contribution is -0.157. The van der Waals surface area contributed by atoms with Crippen molar-refractivity contribution in [2.24, 2.45) is 0 Å². The highest BCUT2D eigenvalue weighted by molar-refractivity contribution is 5.66. The Labute approximate surface area is 72.4 Å². The van der Waals surface area contributed by atoms with Crippen LogP contribution in [-0.4, -0.2) is 24.8 Å². The molecule has 0 aromatic carbocycles. The van der Waals surface area contributed by atoms with Gasteiger partial charge in [0.15, 0.2) is 0 Å². The molecular weight excluding hydrogens is 156 g/mol. The van der Waals surface area contributed by atoms with Gasteiger partial charge in [-0.3, -0.25) is 4.79 Å². The van der Waals surface area contributed by atoms with Crippen LogP contribution >= 0.6 is 0 Å². The molecule has 0 saturated carbocycles. The van der Waals surface area contributed by atoms with E-state index < -0.39 is 0 Å². The molecule has 1 aliphatic heterocycles. The van der Waals surface area contributed by atoms with Gasteiger partial charge in [0.05, 0.1) is 0 Å². The Morgan fingerprint density at radius 1 is 1.75 bits per heavy atom. The van der Waals surface area contributed by atoms with E-state index in [4.69, 9.17) is 9.47 Å². The monoisotopic (exact) mass is 170 g/mol. The number of carbonyl (C=O) groups excluding carboxylic acids is 1. The number of ether oxygens (including phenoxy) is 2. The fraction of sp³-hybridized carbons (Fsp3) is 0.667. The number of hydrogen-bond donors (Lipinski definition) is 0. The van der Waals surface area contributed by atoms with Crippen molar-refractivity contribution >= 4 is 5.97 Å².